The van der Waals surface area contributed by atoms with E-state index >= 15 is 0 Å². The van der Waals surface area contributed by atoms with Gasteiger partial charge in [0.1, 0.15) is 6.20 Å². The Balaban J connectivity index is 0.000000249. The molecule has 0 saturated carbocycles. The number of rotatable bonds is 1. The summed E-state index contributed by atoms with van der Waals surface area (Å²) in [5.41, 5.74) is 1.15. The van der Waals surface area contributed by atoms with Gasteiger partial charge < -0.3 is 22.2 Å². The fourth-order valence-electron chi connectivity index (χ4n) is 1.18. The lowest BCUT2D eigenvalue weighted by molar-refractivity contribution is -0.495. The Bertz CT molecular complexity index is 395. The predicted octanol–water partition coefficient (Wildman–Crippen LogP) is 1.30. The van der Waals surface area contributed by atoms with Gasteiger partial charge in [-0.1, -0.05) is 0 Å². The maximum Gasteiger partial charge on any atom is 0.673 e. The largest absolute Gasteiger partial charge is 0.673 e. The average molecular weight is 314 g/mol. The number of hydrogen-bond acceptors (Lipinski definition) is 1. The smallest absolute Gasteiger partial charge is 0.418 e. The van der Waals surface area contributed by atoms with Crippen molar-refractivity contribution >= 4 is 29.5 Å². The molecule has 0 spiro atoms. The van der Waals surface area contributed by atoms with Gasteiger partial charge in [0.2, 0.25) is 6.34 Å². The molecule has 1 aromatic rings. The number of hydrogen-bond donors (Lipinski definition) is 3. The summed E-state index contributed by atoms with van der Waals surface area (Å²) in [7, 11) is -6.00. The summed E-state index contributed by atoms with van der Waals surface area (Å²) in [6.45, 7) is 0. The number of H-pyrrole nitrogens is 1. The summed E-state index contributed by atoms with van der Waals surface area (Å²) < 4.78 is 40.1. The zero-order valence-corrected chi connectivity index (χ0v) is 10.0. The molecule has 1 aromatic heterocycles. The molecule has 0 bridgehead atoms. The first-order valence-electron chi connectivity index (χ1n) is 4.58. The van der Waals surface area contributed by atoms with Gasteiger partial charge in [-0.3, -0.25) is 10.3 Å². The molecule has 2 heterocycles. The number of nitrogens with one attached hydrogen (secondary N) is 3. The van der Waals surface area contributed by atoms with Crippen molar-refractivity contribution in [1.29, 1.82) is 0 Å². The van der Waals surface area contributed by atoms with Crippen LogP contribution in [0.2, 0.25) is 0 Å². The Morgan fingerprint density at radius 2 is 1.94 bits per heavy atom. The molecule has 3 N–H and O–H groups in total. The minimum Gasteiger partial charge on any atom is -0.418 e. The van der Waals surface area contributed by atoms with E-state index in [4.69, 9.17) is 0 Å². The van der Waals surface area contributed by atoms with Crippen LogP contribution in [-0.2, 0) is 0 Å². The van der Waals surface area contributed by atoms with E-state index in [9.17, 15) is 17.3 Å². The zero-order valence-electron chi connectivity index (χ0n) is 8.43. The van der Waals surface area contributed by atoms with Crippen LogP contribution in [0.15, 0.2) is 29.0 Å². The molecule has 0 aromatic carbocycles. The molecule has 3 nitrogen and oxygen atoms in total. The van der Waals surface area contributed by atoms with Gasteiger partial charge in [-0.25, -0.2) is 0 Å². The van der Waals surface area contributed by atoms with E-state index < -0.39 is 7.25 Å². The highest BCUT2D eigenvalue weighted by Crippen LogP contribution is 2.20. The average Bonchev–Trinajstić information content (AvgIpc) is 2.68. The first-order valence-corrected chi connectivity index (χ1v) is 5.37. The first-order chi connectivity index (χ1) is 7.88. The van der Waals surface area contributed by atoms with Crippen molar-refractivity contribution in [1.82, 2.24) is 10.3 Å². The molecular formula is C8H9BBrF4N3. The van der Waals surface area contributed by atoms with E-state index in [0.717, 1.165) is 10.2 Å². The second-order valence-electron chi connectivity index (χ2n) is 3.06. The quantitative estimate of drug-likeness (QED) is 0.531. The summed E-state index contributed by atoms with van der Waals surface area (Å²) in [5.74, 6) is 0. The molecule has 1 atom stereocenters. The van der Waals surface area contributed by atoms with E-state index in [1.807, 2.05) is 30.9 Å². The summed E-state index contributed by atoms with van der Waals surface area (Å²) in [4.78, 5) is 6.34. The van der Waals surface area contributed by atoms with Gasteiger partial charge in [-0.2, -0.15) is 0 Å². The third-order valence-electron chi connectivity index (χ3n) is 1.76. The standard InChI is InChI=1S/C8H8BrN3.BF4/c9-6-4-10-5-12-8(6)7-2-1-3-11-7;2-1(3,4)5/h1-5,8,11H,(H,10,12);/q;-1/p+1. The van der Waals surface area contributed by atoms with Crippen LogP contribution in [-0.4, -0.2) is 18.6 Å². The Morgan fingerprint density at radius 1 is 1.29 bits per heavy atom. The summed E-state index contributed by atoms with van der Waals surface area (Å²) in [5, 5.41) is 2.97. The molecule has 9 heteroatoms. The van der Waals surface area contributed by atoms with Gasteiger partial charge in [0.05, 0.1) is 10.2 Å². The minimum atomic E-state index is -6.00. The SMILES string of the molecule is BrC1=CNC=[NH+]C1c1ccc[nH]1.F[B-](F)(F)F. The molecule has 94 valence electrons. The van der Waals surface area contributed by atoms with Gasteiger partial charge in [-0.05, 0) is 28.1 Å². The predicted molar refractivity (Wildman–Crippen MR) is 60.9 cm³/mol. The third-order valence-corrected chi connectivity index (χ3v) is 2.45. The number of halogens is 5. The van der Waals surface area contributed by atoms with Crippen molar-refractivity contribution in [3.8, 4) is 0 Å². The van der Waals surface area contributed by atoms with E-state index in [2.05, 4.69) is 31.2 Å². The molecule has 1 unspecified atom stereocenters. The fraction of sp³-hybridized carbons (Fsp3) is 0.125. The molecule has 0 saturated heterocycles. The van der Waals surface area contributed by atoms with Crippen molar-refractivity contribution in [3.63, 3.8) is 0 Å². The van der Waals surface area contributed by atoms with Crippen LogP contribution in [0, 0.1) is 0 Å². The van der Waals surface area contributed by atoms with Crippen LogP contribution in [0.5, 0.6) is 0 Å². The molecular weight excluding hydrogens is 305 g/mol. The highest BCUT2D eigenvalue weighted by molar-refractivity contribution is 9.11. The molecule has 0 amide bonds. The highest BCUT2D eigenvalue weighted by Gasteiger charge is 2.20. The first kappa shape index (κ1) is 13.8. The summed E-state index contributed by atoms with van der Waals surface area (Å²) >= 11 is 3.47. The maximum atomic E-state index is 9.75. The van der Waals surface area contributed by atoms with E-state index in [0.29, 0.717) is 0 Å². The van der Waals surface area contributed by atoms with Crippen molar-refractivity contribution < 1.29 is 22.3 Å². The summed E-state index contributed by atoms with van der Waals surface area (Å²) in [6, 6.07) is 4.24. The van der Waals surface area contributed by atoms with E-state index in [1.54, 1.807) is 0 Å². The summed E-state index contributed by atoms with van der Waals surface area (Å²) in [6.07, 6.45) is 5.65. The van der Waals surface area contributed by atoms with Gasteiger partial charge in [-0.15, -0.1) is 0 Å². The van der Waals surface area contributed by atoms with Crippen LogP contribution < -0.4 is 10.3 Å². The Morgan fingerprint density at radius 3 is 2.41 bits per heavy atom. The molecule has 17 heavy (non-hydrogen) atoms. The zero-order chi connectivity index (χ0) is 12.9. The topological polar surface area (TPSA) is 41.8 Å². The molecule has 0 fully saturated rings. The van der Waals surface area contributed by atoms with Crippen LogP contribution in [0.1, 0.15) is 11.7 Å². The fourth-order valence-corrected chi connectivity index (χ4v) is 1.69. The van der Waals surface area contributed by atoms with Crippen LogP contribution in [0.25, 0.3) is 0 Å². The lowest BCUT2D eigenvalue weighted by Gasteiger charge is -2.09. The van der Waals surface area contributed by atoms with Crippen LogP contribution in [0.4, 0.5) is 17.3 Å². The van der Waals surface area contributed by atoms with Crippen molar-refractivity contribution in [3.05, 3.63) is 34.7 Å². The van der Waals surface area contributed by atoms with E-state index in [1.165, 1.54) is 0 Å². The Kier molecular flexibility index (Phi) is 4.79. The second kappa shape index (κ2) is 5.90. The van der Waals surface area contributed by atoms with Crippen molar-refractivity contribution in [2.75, 3.05) is 0 Å². The van der Waals surface area contributed by atoms with Crippen molar-refractivity contribution in [2.24, 2.45) is 0 Å². The number of aromatic nitrogens is 1. The second-order valence-corrected chi connectivity index (χ2v) is 3.98. The molecule has 0 aliphatic carbocycles. The number of aromatic amines is 1. The van der Waals surface area contributed by atoms with Crippen molar-refractivity contribution in [2.45, 2.75) is 6.04 Å². The van der Waals surface area contributed by atoms with E-state index in [-0.39, 0.29) is 6.04 Å². The van der Waals surface area contributed by atoms with Gasteiger partial charge in [0, 0.05) is 6.20 Å². The lowest BCUT2D eigenvalue weighted by atomic mass is 10.2. The monoisotopic (exact) mass is 313 g/mol. The minimum absolute atomic E-state index is 0.209. The maximum absolute atomic E-state index is 9.75. The van der Waals surface area contributed by atoms with Gasteiger partial charge >= 0.3 is 7.25 Å². The molecule has 1 aliphatic heterocycles. The Hall–Kier alpha value is -1.25. The molecule has 1 aliphatic rings. The van der Waals surface area contributed by atoms with Crippen LogP contribution in [0.3, 0.4) is 0 Å². The normalized spacial score (nSPS) is 18.9. The molecule has 0 radical (unpaired) electrons. The van der Waals surface area contributed by atoms with Crippen LogP contribution >= 0.6 is 15.9 Å². The lowest BCUT2D eigenvalue weighted by Crippen LogP contribution is -2.74. The van der Waals surface area contributed by atoms with Gasteiger partial charge in [0.25, 0.3) is 0 Å². The van der Waals surface area contributed by atoms with Gasteiger partial charge in [0.15, 0.2) is 6.04 Å². The Labute approximate surface area is 103 Å². The third kappa shape index (κ3) is 5.57. The highest BCUT2D eigenvalue weighted by atomic mass is 79.9. The molecule has 2 rings (SSSR count).